The summed E-state index contributed by atoms with van der Waals surface area (Å²) in [6, 6.07) is 0. The van der Waals surface area contributed by atoms with Gasteiger partial charge in [0.05, 0.1) is 0 Å². The Hall–Kier alpha value is 0.819. The molecule has 0 saturated carbocycles. The van der Waals surface area contributed by atoms with Crippen molar-refractivity contribution in [3.63, 3.8) is 0 Å². The van der Waals surface area contributed by atoms with Crippen LogP contribution in [0.1, 0.15) is 0 Å². The maximum atomic E-state index is 8.58. The van der Waals surface area contributed by atoms with Crippen LogP contribution < -0.4 is 7.38 Å². The Morgan fingerprint density at radius 3 is 1.33 bits per heavy atom. The first kappa shape index (κ1) is 9.94. The topological polar surface area (TPSA) is 80.3 Å². The molecule has 0 aromatic rings. The van der Waals surface area contributed by atoms with Gasteiger partial charge in [-0.15, -0.1) is 0 Å². The Morgan fingerprint density at radius 1 is 1.33 bits per heavy atom. The molecule has 0 aliphatic rings. The van der Waals surface area contributed by atoms with Gasteiger partial charge in [0.1, 0.15) is 0 Å². The van der Waals surface area contributed by atoms with E-state index in [4.69, 9.17) is 14.4 Å². The van der Waals surface area contributed by atoms with Crippen LogP contribution in [0.2, 0.25) is 0 Å². The van der Waals surface area contributed by atoms with E-state index < -0.39 is 18.6 Å². The molecule has 0 N–H and O–H groups in total. The molecule has 6 heteroatoms. The van der Waals surface area contributed by atoms with Gasteiger partial charge in [0, 0.05) is 0 Å². The average Bonchev–Trinajstić information content (AvgIpc) is 1.41. The third-order valence-electron chi connectivity index (χ3n) is 0. The standard InChI is InChI=1S/4O.Ti.V/q;;2*-1;;+2. The van der Waals surface area contributed by atoms with Crippen LogP contribution in [0, 0.1) is 0 Å². The molecule has 6 heavy (non-hydrogen) atoms. The molecule has 0 heterocycles. The Bertz CT molecular complexity index is 38.8. The Kier molecular flexibility index (Phi) is 15.4. The van der Waals surface area contributed by atoms with Gasteiger partial charge in [-0.25, -0.2) is 0 Å². The monoisotopic (exact) mass is 163 g/mol. The van der Waals surface area contributed by atoms with Crippen LogP contribution in [0.3, 0.4) is 0 Å². The van der Waals surface area contributed by atoms with Gasteiger partial charge in [-0.05, 0) is 0 Å². The molecule has 0 aromatic heterocycles. The molecule has 0 aliphatic heterocycles. The van der Waals surface area contributed by atoms with Gasteiger partial charge in [-0.3, -0.25) is 0 Å². The van der Waals surface area contributed by atoms with E-state index >= 15 is 0 Å². The zero-order valence-electron chi connectivity index (χ0n) is 2.58. The van der Waals surface area contributed by atoms with Crippen molar-refractivity contribution in [1.82, 2.24) is 0 Å². The SMILES string of the molecule is [O]=[Ti]([O-])[O-].[O]=[V+2]. The number of hydrogen-bond acceptors (Lipinski definition) is 4. The summed E-state index contributed by atoms with van der Waals surface area (Å²) in [5.41, 5.74) is 0. The Morgan fingerprint density at radius 2 is 1.33 bits per heavy atom. The second-order valence-electron chi connectivity index (χ2n) is 0.250. The van der Waals surface area contributed by atoms with Gasteiger partial charge in [-0.1, -0.05) is 0 Å². The van der Waals surface area contributed by atoms with Crippen LogP contribution >= 0.6 is 0 Å². The van der Waals surface area contributed by atoms with Crippen LogP contribution in [0.15, 0.2) is 0 Å². The predicted molar refractivity (Wildman–Crippen MR) is 1.37 cm³/mol. The quantitative estimate of drug-likeness (QED) is 0.366. The molecule has 0 radical (unpaired) electrons. The molecule has 0 saturated heterocycles. The fraction of sp³-hybridized carbons (Fsp3) is 0. The molecule has 0 bridgehead atoms. The summed E-state index contributed by atoms with van der Waals surface area (Å²) >= 11 is -3.02. The fourth-order valence-corrected chi connectivity index (χ4v) is 0. The normalized spacial score (nSPS) is 5.33. The van der Waals surface area contributed by atoms with Gasteiger partial charge in [-0.2, -0.15) is 0 Å². The summed E-state index contributed by atoms with van der Waals surface area (Å²) in [7, 11) is 0. The van der Waals surface area contributed by atoms with Gasteiger partial charge in [0.25, 0.3) is 0 Å². The van der Waals surface area contributed by atoms with Gasteiger partial charge < -0.3 is 0 Å². The number of hydrogen-bond donors (Lipinski definition) is 0. The minimum absolute atomic E-state index is 1.06. The second kappa shape index (κ2) is 9.27. The summed E-state index contributed by atoms with van der Waals surface area (Å²) in [4.78, 5) is 0. The maximum absolute atomic E-state index is 8.58. The molecule has 0 atom stereocenters. The molecule has 0 aliphatic carbocycles. The Labute approximate surface area is 50.5 Å². The summed E-state index contributed by atoms with van der Waals surface area (Å²) in [5.74, 6) is 0. The molecular formula is O4TiV. The Balaban J connectivity index is 0. The van der Waals surface area contributed by atoms with E-state index in [2.05, 4.69) is 0 Å². The van der Waals surface area contributed by atoms with E-state index in [1.165, 1.54) is 0 Å². The summed E-state index contributed by atoms with van der Waals surface area (Å²) in [5, 5.41) is 0. The zero-order valence-corrected chi connectivity index (χ0v) is 5.54. The summed E-state index contributed by atoms with van der Waals surface area (Å²) < 4.78 is 33.9. The number of rotatable bonds is 0. The van der Waals surface area contributed by atoms with Crippen LogP contribution in [0.5, 0.6) is 0 Å². The molecule has 0 unspecified atom stereocenters. The second-order valence-corrected chi connectivity index (χ2v) is 1.03. The van der Waals surface area contributed by atoms with Gasteiger partial charge in [0.2, 0.25) is 0 Å². The van der Waals surface area contributed by atoms with E-state index in [1.54, 1.807) is 0 Å². The van der Waals surface area contributed by atoms with Crippen molar-refractivity contribution in [3.05, 3.63) is 0 Å². The van der Waals surface area contributed by atoms with Crippen molar-refractivity contribution in [1.29, 1.82) is 0 Å². The van der Waals surface area contributed by atoms with Crippen LogP contribution in [0.25, 0.3) is 0 Å². The predicted octanol–water partition coefficient (Wildman–Crippen LogP) is -2.62. The van der Waals surface area contributed by atoms with E-state index in [-0.39, 0.29) is 0 Å². The molecule has 0 fully saturated rings. The van der Waals surface area contributed by atoms with E-state index in [0.717, 1.165) is 17.4 Å². The average molecular weight is 163 g/mol. The molecule has 0 amide bonds. The third-order valence-corrected chi connectivity index (χ3v) is 0. The van der Waals surface area contributed by atoms with Crippen molar-refractivity contribution in [3.8, 4) is 0 Å². The van der Waals surface area contributed by atoms with Crippen molar-refractivity contribution in [2.45, 2.75) is 0 Å². The first-order chi connectivity index (χ1) is 2.73. The molecule has 0 aromatic carbocycles. The molecule has 0 spiro atoms. The van der Waals surface area contributed by atoms with Crippen molar-refractivity contribution in [2.24, 2.45) is 0 Å². The minimum atomic E-state index is -4.08. The van der Waals surface area contributed by atoms with Crippen LogP contribution in [-0.2, 0) is 43.0 Å². The summed E-state index contributed by atoms with van der Waals surface area (Å²) in [6.45, 7) is 0. The van der Waals surface area contributed by atoms with Crippen molar-refractivity contribution in [2.75, 3.05) is 0 Å². The molecule has 33 valence electrons. The summed E-state index contributed by atoms with van der Waals surface area (Å²) in [6.07, 6.45) is 0. The first-order valence-corrected chi connectivity index (χ1v) is 3.28. The van der Waals surface area contributed by atoms with Gasteiger partial charge >= 0.3 is 50.4 Å². The van der Waals surface area contributed by atoms with E-state index in [0.29, 0.717) is 0 Å². The molecule has 0 rings (SSSR count). The van der Waals surface area contributed by atoms with Crippen LogP contribution in [-0.4, -0.2) is 0 Å². The zero-order chi connectivity index (χ0) is 5.58. The molecular weight excluding hydrogens is 163 g/mol. The van der Waals surface area contributed by atoms with Gasteiger partial charge in [0.15, 0.2) is 0 Å². The third kappa shape index (κ3) is 105. The van der Waals surface area contributed by atoms with Crippen LogP contribution in [0.4, 0.5) is 0 Å². The van der Waals surface area contributed by atoms with Crippen molar-refractivity contribution >= 4 is 0 Å². The first-order valence-electron chi connectivity index (χ1n) is 0.795. The fourth-order valence-electron chi connectivity index (χ4n) is 0. The van der Waals surface area contributed by atoms with E-state index in [9.17, 15) is 0 Å². The van der Waals surface area contributed by atoms with E-state index in [1.807, 2.05) is 0 Å². The van der Waals surface area contributed by atoms with Crippen molar-refractivity contribution < 1.29 is 50.4 Å². The molecule has 4 nitrogen and oxygen atoms in total.